The Kier molecular flexibility index (Phi) is 3.38. The molecule has 0 saturated heterocycles. The molecule has 1 aromatic carbocycles. The van der Waals surface area contributed by atoms with Crippen molar-refractivity contribution in [1.29, 1.82) is 0 Å². The highest BCUT2D eigenvalue weighted by molar-refractivity contribution is 6.52. The highest BCUT2D eigenvalue weighted by atomic mass is 19.1. The Labute approximate surface area is 103 Å². The Morgan fingerprint density at radius 1 is 1.22 bits per heavy atom. The van der Waals surface area contributed by atoms with Crippen molar-refractivity contribution in [3.63, 3.8) is 0 Å². The first kappa shape index (κ1) is 12.6. The molecule has 0 saturated carbocycles. The van der Waals surface area contributed by atoms with E-state index in [1.54, 1.807) is 7.05 Å². The molecular formula is C12H12F2N2O2. The van der Waals surface area contributed by atoms with E-state index in [2.05, 4.69) is 5.32 Å². The number of carbonyl (C=O) groups excluding carboxylic acids is 2. The van der Waals surface area contributed by atoms with Gasteiger partial charge >= 0.3 is 0 Å². The molecule has 1 aromatic rings. The number of carbonyl (C=O) groups is 2. The smallest absolute Gasteiger partial charge is 0.299 e. The highest BCUT2D eigenvalue weighted by Crippen LogP contribution is 2.33. The summed E-state index contributed by atoms with van der Waals surface area (Å²) in [7, 11) is 1.74. The zero-order valence-corrected chi connectivity index (χ0v) is 9.80. The zero-order chi connectivity index (χ0) is 13.3. The van der Waals surface area contributed by atoms with Gasteiger partial charge in [-0.05, 0) is 32.1 Å². The lowest BCUT2D eigenvalue weighted by atomic mass is 10.1. The summed E-state index contributed by atoms with van der Waals surface area (Å²) < 4.78 is 27.1. The molecule has 0 fully saturated rings. The van der Waals surface area contributed by atoms with E-state index in [0.29, 0.717) is 13.0 Å². The molecule has 0 bridgehead atoms. The molecule has 0 aliphatic carbocycles. The van der Waals surface area contributed by atoms with Crippen LogP contribution in [-0.4, -0.2) is 31.8 Å². The minimum absolute atomic E-state index is 0.179. The Bertz CT molecular complexity index is 517. The Morgan fingerprint density at radius 3 is 2.56 bits per heavy atom. The minimum Gasteiger partial charge on any atom is -0.320 e. The molecule has 1 heterocycles. The van der Waals surface area contributed by atoms with Crippen molar-refractivity contribution >= 4 is 17.4 Å². The van der Waals surface area contributed by atoms with Gasteiger partial charge in [-0.1, -0.05) is 0 Å². The average molecular weight is 254 g/mol. The van der Waals surface area contributed by atoms with E-state index < -0.39 is 28.9 Å². The summed E-state index contributed by atoms with van der Waals surface area (Å²) in [6.45, 7) is 0.795. The van der Waals surface area contributed by atoms with E-state index in [4.69, 9.17) is 0 Å². The molecule has 0 radical (unpaired) electrons. The van der Waals surface area contributed by atoms with Gasteiger partial charge in [0.1, 0.15) is 11.6 Å². The first-order valence-corrected chi connectivity index (χ1v) is 5.56. The minimum atomic E-state index is -0.980. The molecule has 4 nitrogen and oxygen atoms in total. The number of rotatable bonds is 4. The number of halogens is 2. The van der Waals surface area contributed by atoms with Crippen LogP contribution in [0.1, 0.15) is 16.8 Å². The normalized spacial score (nSPS) is 14.3. The van der Waals surface area contributed by atoms with Gasteiger partial charge in [0.25, 0.3) is 11.7 Å². The summed E-state index contributed by atoms with van der Waals surface area (Å²) in [6.07, 6.45) is 0.547. The van der Waals surface area contributed by atoms with Crippen LogP contribution < -0.4 is 10.2 Å². The molecule has 2 rings (SSSR count). The number of hydrogen-bond donors (Lipinski definition) is 1. The average Bonchev–Trinajstić information content (AvgIpc) is 2.60. The lowest BCUT2D eigenvalue weighted by molar-refractivity contribution is -0.114. The number of nitrogens with one attached hydrogen (secondary N) is 1. The molecule has 0 atom stereocenters. The molecule has 0 unspecified atom stereocenters. The highest BCUT2D eigenvalue weighted by Gasteiger charge is 2.40. The van der Waals surface area contributed by atoms with Crippen LogP contribution in [0.15, 0.2) is 12.1 Å². The van der Waals surface area contributed by atoms with Crippen molar-refractivity contribution in [3.05, 3.63) is 29.3 Å². The van der Waals surface area contributed by atoms with Crippen LogP contribution in [-0.2, 0) is 4.79 Å². The monoisotopic (exact) mass is 254 g/mol. The number of amides is 1. The van der Waals surface area contributed by atoms with Crippen LogP contribution in [0.3, 0.4) is 0 Å². The zero-order valence-electron chi connectivity index (χ0n) is 9.80. The van der Waals surface area contributed by atoms with E-state index >= 15 is 0 Å². The van der Waals surface area contributed by atoms with E-state index in [1.165, 1.54) is 0 Å². The van der Waals surface area contributed by atoms with Crippen molar-refractivity contribution < 1.29 is 18.4 Å². The summed E-state index contributed by atoms with van der Waals surface area (Å²) in [5.74, 6) is -3.47. The molecule has 18 heavy (non-hydrogen) atoms. The summed E-state index contributed by atoms with van der Waals surface area (Å²) in [6, 6.07) is 1.78. The van der Waals surface area contributed by atoms with Gasteiger partial charge < -0.3 is 10.2 Å². The molecule has 0 spiro atoms. The number of fused-ring (bicyclic) bond motifs is 1. The van der Waals surface area contributed by atoms with Gasteiger partial charge in [-0.3, -0.25) is 9.59 Å². The SMILES string of the molecule is CNCCCN1C(=O)C(=O)c2c(F)ccc(F)c21. The second-order valence-electron chi connectivity index (χ2n) is 4.00. The van der Waals surface area contributed by atoms with Crippen LogP contribution in [0.25, 0.3) is 0 Å². The standard InChI is InChI=1S/C12H12F2N2O2/c1-15-5-2-6-16-10-8(14)4-3-7(13)9(10)11(17)12(16)18/h3-4,15H,2,5-6H2,1H3. The largest absolute Gasteiger partial charge is 0.320 e. The van der Waals surface area contributed by atoms with Crippen molar-refractivity contribution in [2.45, 2.75) is 6.42 Å². The Morgan fingerprint density at radius 2 is 1.89 bits per heavy atom. The molecule has 1 amide bonds. The van der Waals surface area contributed by atoms with Gasteiger partial charge in [0.2, 0.25) is 0 Å². The number of nitrogens with zero attached hydrogens (tertiary/aromatic N) is 1. The van der Waals surface area contributed by atoms with Crippen LogP contribution in [0, 0.1) is 11.6 Å². The van der Waals surface area contributed by atoms with E-state index in [9.17, 15) is 18.4 Å². The van der Waals surface area contributed by atoms with Crippen LogP contribution in [0.5, 0.6) is 0 Å². The predicted molar refractivity (Wildman–Crippen MR) is 61.6 cm³/mol. The number of ketones is 1. The number of benzene rings is 1. The molecule has 1 aliphatic heterocycles. The van der Waals surface area contributed by atoms with Crippen molar-refractivity contribution in [2.24, 2.45) is 0 Å². The third-order valence-corrected chi connectivity index (χ3v) is 2.82. The number of anilines is 1. The van der Waals surface area contributed by atoms with Crippen LogP contribution >= 0.6 is 0 Å². The van der Waals surface area contributed by atoms with Crippen molar-refractivity contribution in [2.75, 3.05) is 25.0 Å². The maximum absolute atomic E-state index is 13.6. The topological polar surface area (TPSA) is 49.4 Å². The molecule has 6 heteroatoms. The quantitative estimate of drug-likeness (QED) is 0.646. The van der Waals surface area contributed by atoms with Gasteiger partial charge in [-0.15, -0.1) is 0 Å². The van der Waals surface area contributed by atoms with Gasteiger partial charge in [-0.2, -0.15) is 0 Å². The fourth-order valence-corrected chi connectivity index (χ4v) is 1.98. The van der Waals surface area contributed by atoms with E-state index in [1.807, 2.05) is 0 Å². The molecule has 1 N–H and O–H groups in total. The second kappa shape index (κ2) is 4.81. The van der Waals surface area contributed by atoms with E-state index in [0.717, 1.165) is 17.0 Å². The summed E-state index contributed by atoms with van der Waals surface area (Å²) in [4.78, 5) is 24.3. The fraction of sp³-hybridized carbons (Fsp3) is 0.333. The number of hydrogen-bond acceptors (Lipinski definition) is 3. The first-order chi connectivity index (χ1) is 8.57. The summed E-state index contributed by atoms with van der Waals surface area (Å²) in [5.41, 5.74) is -0.689. The molecule has 0 aromatic heterocycles. The van der Waals surface area contributed by atoms with Crippen LogP contribution in [0.4, 0.5) is 14.5 Å². The maximum atomic E-state index is 13.6. The van der Waals surface area contributed by atoms with Crippen molar-refractivity contribution in [3.8, 4) is 0 Å². The predicted octanol–water partition coefficient (Wildman–Crippen LogP) is 1.10. The number of Topliss-reactive ketones (excluding diaryl/α,β-unsaturated/α-hetero) is 1. The Hall–Kier alpha value is -1.82. The van der Waals surface area contributed by atoms with Crippen LogP contribution in [0.2, 0.25) is 0 Å². The Balaban J connectivity index is 2.39. The molecule has 1 aliphatic rings. The lowest BCUT2D eigenvalue weighted by Crippen LogP contribution is -2.32. The third kappa shape index (κ3) is 1.88. The fourth-order valence-electron chi connectivity index (χ4n) is 1.98. The van der Waals surface area contributed by atoms with Gasteiger partial charge in [0, 0.05) is 6.54 Å². The van der Waals surface area contributed by atoms with Crippen molar-refractivity contribution in [1.82, 2.24) is 5.32 Å². The summed E-state index contributed by atoms with van der Waals surface area (Å²) >= 11 is 0. The molecular weight excluding hydrogens is 242 g/mol. The maximum Gasteiger partial charge on any atom is 0.299 e. The second-order valence-corrected chi connectivity index (χ2v) is 4.00. The van der Waals surface area contributed by atoms with E-state index in [-0.39, 0.29) is 12.2 Å². The molecule has 96 valence electrons. The van der Waals surface area contributed by atoms with Gasteiger partial charge in [0.05, 0.1) is 11.3 Å². The first-order valence-electron chi connectivity index (χ1n) is 5.56. The summed E-state index contributed by atoms with van der Waals surface area (Å²) in [5, 5.41) is 2.88. The van der Waals surface area contributed by atoms with Gasteiger partial charge in [-0.25, -0.2) is 8.78 Å². The third-order valence-electron chi connectivity index (χ3n) is 2.82. The lowest BCUT2D eigenvalue weighted by Gasteiger charge is -2.16. The van der Waals surface area contributed by atoms with Gasteiger partial charge in [0.15, 0.2) is 0 Å².